The van der Waals surface area contributed by atoms with Gasteiger partial charge in [0, 0.05) is 6.04 Å². The third-order valence-corrected chi connectivity index (χ3v) is 5.10. The molecule has 3 rings (SSSR count). The molecule has 3 aliphatic rings. The maximum atomic E-state index is 5.83. The standard InChI is InChI=1S/C14H25NO2/c1-15-13(14-9-16-4-5-17-14)8-12-7-10-2-3-11(12)6-10/h10-15H,2-9H2,1H3. The van der Waals surface area contributed by atoms with E-state index in [0.29, 0.717) is 6.04 Å². The molecule has 17 heavy (non-hydrogen) atoms. The second kappa shape index (κ2) is 5.25. The Morgan fingerprint density at radius 1 is 1.24 bits per heavy atom. The van der Waals surface area contributed by atoms with Gasteiger partial charge in [0.05, 0.1) is 25.9 Å². The minimum atomic E-state index is 0.271. The molecular formula is C14H25NO2. The van der Waals surface area contributed by atoms with Crippen LogP contribution in [-0.4, -0.2) is 39.0 Å². The van der Waals surface area contributed by atoms with Crippen LogP contribution in [0.15, 0.2) is 0 Å². The van der Waals surface area contributed by atoms with Gasteiger partial charge < -0.3 is 14.8 Å². The van der Waals surface area contributed by atoms with E-state index in [-0.39, 0.29) is 6.10 Å². The smallest absolute Gasteiger partial charge is 0.0962 e. The first kappa shape index (κ1) is 11.9. The van der Waals surface area contributed by atoms with Gasteiger partial charge in [-0.3, -0.25) is 0 Å². The zero-order valence-electron chi connectivity index (χ0n) is 10.9. The second-order valence-corrected chi connectivity index (χ2v) is 6.05. The zero-order valence-corrected chi connectivity index (χ0v) is 10.9. The molecule has 0 aromatic rings. The minimum absolute atomic E-state index is 0.271. The van der Waals surface area contributed by atoms with Crippen LogP contribution in [-0.2, 0) is 9.47 Å². The van der Waals surface area contributed by atoms with Gasteiger partial charge in [-0.15, -0.1) is 0 Å². The summed E-state index contributed by atoms with van der Waals surface area (Å²) in [7, 11) is 2.07. The molecule has 5 atom stereocenters. The van der Waals surface area contributed by atoms with Crippen molar-refractivity contribution < 1.29 is 9.47 Å². The van der Waals surface area contributed by atoms with Gasteiger partial charge in [0.1, 0.15) is 0 Å². The summed E-state index contributed by atoms with van der Waals surface area (Å²) in [6.07, 6.45) is 7.50. The molecule has 1 heterocycles. The van der Waals surface area contributed by atoms with Crippen molar-refractivity contribution in [2.75, 3.05) is 26.9 Å². The molecule has 1 saturated heterocycles. The van der Waals surface area contributed by atoms with Crippen molar-refractivity contribution in [2.24, 2.45) is 17.8 Å². The lowest BCUT2D eigenvalue weighted by Gasteiger charge is -2.33. The zero-order chi connectivity index (χ0) is 11.7. The van der Waals surface area contributed by atoms with Crippen LogP contribution >= 0.6 is 0 Å². The molecule has 0 amide bonds. The number of hydrogen-bond acceptors (Lipinski definition) is 3. The van der Waals surface area contributed by atoms with E-state index in [1.54, 1.807) is 0 Å². The Balaban J connectivity index is 1.54. The number of nitrogens with one attached hydrogen (secondary N) is 1. The van der Waals surface area contributed by atoms with E-state index in [4.69, 9.17) is 9.47 Å². The normalized spacial score (nSPS) is 42.9. The van der Waals surface area contributed by atoms with Crippen molar-refractivity contribution in [3.8, 4) is 0 Å². The van der Waals surface area contributed by atoms with Crippen molar-refractivity contribution >= 4 is 0 Å². The van der Waals surface area contributed by atoms with E-state index in [2.05, 4.69) is 12.4 Å². The number of ether oxygens (including phenoxy) is 2. The van der Waals surface area contributed by atoms with Gasteiger partial charge in [0.15, 0.2) is 0 Å². The van der Waals surface area contributed by atoms with Gasteiger partial charge >= 0.3 is 0 Å². The van der Waals surface area contributed by atoms with Gasteiger partial charge in [0.25, 0.3) is 0 Å². The monoisotopic (exact) mass is 239 g/mol. The lowest BCUT2D eigenvalue weighted by atomic mass is 9.83. The third-order valence-electron chi connectivity index (χ3n) is 5.10. The Bertz CT molecular complexity index is 253. The van der Waals surface area contributed by atoms with E-state index in [1.165, 1.54) is 32.1 Å². The molecule has 2 saturated carbocycles. The predicted molar refractivity (Wildman–Crippen MR) is 67.0 cm³/mol. The molecule has 98 valence electrons. The first-order valence-electron chi connectivity index (χ1n) is 7.23. The van der Waals surface area contributed by atoms with Gasteiger partial charge in [0.2, 0.25) is 0 Å². The average molecular weight is 239 g/mol. The second-order valence-electron chi connectivity index (χ2n) is 6.05. The summed E-state index contributed by atoms with van der Waals surface area (Å²) in [4.78, 5) is 0. The van der Waals surface area contributed by atoms with Gasteiger partial charge in [-0.25, -0.2) is 0 Å². The van der Waals surface area contributed by atoms with Gasteiger partial charge in [-0.2, -0.15) is 0 Å². The Kier molecular flexibility index (Phi) is 3.69. The van der Waals surface area contributed by atoms with Crippen LogP contribution in [0.3, 0.4) is 0 Å². The topological polar surface area (TPSA) is 30.5 Å². The Morgan fingerprint density at radius 3 is 2.76 bits per heavy atom. The molecule has 0 radical (unpaired) electrons. The highest BCUT2D eigenvalue weighted by molar-refractivity contribution is 4.93. The van der Waals surface area contributed by atoms with Crippen LogP contribution in [0.2, 0.25) is 0 Å². The fourth-order valence-corrected chi connectivity index (χ4v) is 4.19. The van der Waals surface area contributed by atoms with E-state index < -0.39 is 0 Å². The summed E-state index contributed by atoms with van der Waals surface area (Å²) in [6.45, 7) is 2.30. The van der Waals surface area contributed by atoms with Crippen molar-refractivity contribution in [3.05, 3.63) is 0 Å². The highest BCUT2D eigenvalue weighted by Crippen LogP contribution is 2.50. The van der Waals surface area contributed by atoms with Gasteiger partial charge in [-0.05, 0) is 50.5 Å². The third kappa shape index (κ3) is 2.51. The Hall–Kier alpha value is -0.120. The summed E-state index contributed by atoms with van der Waals surface area (Å²) in [6, 6.07) is 0.486. The molecule has 1 aliphatic heterocycles. The average Bonchev–Trinajstić information content (AvgIpc) is 2.99. The molecule has 5 unspecified atom stereocenters. The van der Waals surface area contributed by atoms with Crippen LogP contribution in [0.4, 0.5) is 0 Å². The summed E-state index contributed by atoms with van der Waals surface area (Å²) >= 11 is 0. The highest BCUT2D eigenvalue weighted by Gasteiger charge is 2.41. The molecule has 0 aromatic heterocycles. The lowest BCUT2D eigenvalue weighted by Crippen LogP contribution is -2.46. The molecule has 0 aromatic carbocycles. The fourth-order valence-electron chi connectivity index (χ4n) is 4.19. The van der Waals surface area contributed by atoms with Gasteiger partial charge in [-0.1, -0.05) is 6.42 Å². The first-order valence-corrected chi connectivity index (χ1v) is 7.23. The van der Waals surface area contributed by atoms with Crippen molar-refractivity contribution in [1.29, 1.82) is 0 Å². The van der Waals surface area contributed by atoms with Crippen molar-refractivity contribution in [2.45, 2.75) is 44.2 Å². The van der Waals surface area contributed by atoms with Crippen molar-refractivity contribution in [1.82, 2.24) is 5.32 Å². The fraction of sp³-hybridized carbons (Fsp3) is 1.00. The van der Waals surface area contributed by atoms with Crippen LogP contribution in [0.5, 0.6) is 0 Å². The molecule has 2 aliphatic carbocycles. The summed E-state index contributed by atoms with van der Waals surface area (Å²) in [5.74, 6) is 3.00. The maximum absolute atomic E-state index is 5.83. The number of fused-ring (bicyclic) bond motifs is 2. The highest BCUT2D eigenvalue weighted by atomic mass is 16.6. The van der Waals surface area contributed by atoms with Crippen LogP contribution in [0.1, 0.15) is 32.1 Å². The Labute approximate surface area is 104 Å². The minimum Gasteiger partial charge on any atom is -0.376 e. The maximum Gasteiger partial charge on any atom is 0.0962 e. The molecule has 1 N–H and O–H groups in total. The molecule has 2 bridgehead atoms. The molecular weight excluding hydrogens is 214 g/mol. The number of rotatable bonds is 4. The van der Waals surface area contributed by atoms with E-state index in [9.17, 15) is 0 Å². The quantitative estimate of drug-likeness (QED) is 0.811. The SMILES string of the molecule is CNC(CC1CC2CCC1C2)C1COCCO1. The number of hydrogen-bond donors (Lipinski definition) is 1. The molecule has 0 spiro atoms. The molecule has 3 heteroatoms. The van der Waals surface area contributed by atoms with E-state index in [1.807, 2.05) is 0 Å². The van der Waals surface area contributed by atoms with Crippen LogP contribution < -0.4 is 5.32 Å². The molecule has 3 fully saturated rings. The molecule has 3 nitrogen and oxygen atoms in total. The Morgan fingerprint density at radius 2 is 2.18 bits per heavy atom. The van der Waals surface area contributed by atoms with Crippen LogP contribution in [0.25, 0.3) is 0 Å². The number of likely N-dealkylation sites (N-methyl/N-ethyl adjacent to an activating group) is 1. The largest absolute Gasteiger partial charge is 0.376 e. The summed E-state index contributed by atoms with van der Waals surface area (Å²) in [5, 5.41) is 3.45. The van der Waals surface area contributed by atoms with E-state index >= 15 is 0 Å². The van der Waals surface area contributed by atoms with Crippen molar-refractivity contribution in [3.63, 3.8) is 0 Å². The summed E-state index contributed by atoms with van der Waals surface area (Å²) in [5.41, 5.74) is 0. The lowest BCUT2D eigenvalue weighted by molar-refractivity contribution is -0.104. The summed E-state index contributed by atoms with van der Waals surface area (Å²) < 4.78 is 11.4. The predicted octanol–water partition coefficient (Wildman–Crippen LogP) is 1.82. The van der Waals surface area contributed by atoms with Crippen LogP contribution in [0, 0.1) is 17.8 Å². The van der Waals surface area contributed by atoms with E-state index in [0.717, 1.165) is 37.6 Å². The first-order chi connectivity index (χ1) is 8.36.